The Morgan fingerprint density at radius 1 is 0.870 bits per heavy atom. The molecular formula is C17H37N3O3. The maximum absolute atomic E-state index is 5.59. The van der Waals surface area contributed by atoms with E-state index in [0.717, 1.165) is 59.0 Å². The molecule has 1 heterocycles. The van der Waals surface area contributed by atoms with Crippen molar-refractivity contribution >= 4 is 0 Å². The molecule has 0 aliphatic carbocycles. The van der Waals surface area contributed by atoms with Crippen LogP contribution in [0.1, 0.15) is 20.8 Å². The molecule has 0 radical (unpaired) electrons. The molecule has 1 aliphatic rings. The number of nitrogens with one attached hydrogen (secondary N) is 2. The van der Waals surface area contributed by atoms with Gasteiger partial charge in [0.25, 0.3) is 0 Å². The van der Waals surface area contributed by atoms with E-state index in [1.165, 1.54) is 0 Å². The van der Waals surface area contributed by atoms with Crippen LogP contribution in [0.3, 0.4) is 0 Å². The fourth-order valence-corrected chi connectivity index (χ4v) is 2.28. The largest absolute Gasteiger partial charge is 0.378 e. The van der Waals surface area contributed by atoms with Gasteiger partial charge in [0.05, 0.1) is 39.6 Å². The average Bonchev–Trinajstić information content (AvgIpc) is 2.52. The lowest BCUT2D eigenvalue weighted by Crippen LogP contribution is -2.44. The SMILES string of the molecule is CC(C)(C)CNCCOCCOCCOCCN1CCNCC1. The highest BCUT2D eigenvalue weighted by Crippen LogP contribution is 2.09. The summed E-state index contributed by atoms with van der Waals surface area (Å²) in [5.41, 5.74) is 0.327. The fourth-order valence-electron chi connectivity index (χ4n) is 2.28. The highest BCUT2D eigenvalue weighted by Gasteiger charge is 2.08. The van der Waals surface area contributed by atoms with Crippen LogP contribution in [0, 0.1) is 5.41 Å². The summed E-state index contributed by atoms with van der Waals surface area (Å²) in [5, 5.41) is 6.73. The molecule has 0 aromatic carbocycles. The zero-order chi connectivity index (χ0) is 16.8. The zero-order valence-electron chi connectivity index (χ0n) is 15.4. The molecular weight excluding hydrogens is 294 g/mol. The van der Waals surface area contributed by atoms with E-state index in [0.29, 0.717) is 31.8 Å². The standard InChI is InChI=1S/C17H37N3O3/c1-17(2,3)16-19-6-10-21-12-14-23-15-13-22-11-9-20-7-4-18-5-8-20/h18-19H,4-16H2,1-3H3. The minimum absolute atomic E-state index is 0.327. The lowest BCUT2D eigenvalue weighted by atomic mass is 9.97. The van der Waals surface area contributed by atoms with Gasteiger partial charge in [-0.2, -0.15) is 0 Å². The van der Waals surface area contributed by atoms with Crippen molar-refractivity contribution in [2.45, 2.75) is 20.8 Å². The first-order chi connectivity index (χ1) is 11.1. The van der Waals surface area contributed by atoms with E-state index in [-0.39, 0.29) is 0 Å². The summed E-state index contributed by atoms with van der Waals surface area (Å²) in [6.07, 6.45) is 0. The molecule has 1 saturated heterocycles. The van der Waals surface area contributed by atoms with E-state index in [4.69, 9.17) is 14.2 Å². The van der Waals surface area contributed by atoms with Crippen LogP contribution in [0.4, 0.5) is 0 Å². The van der Waals surface area contributed by atoms with Crippen LogP contribution >= 0.6 is 0 Å². The molecule has 0 atom stereocenters. The summed E-state index contributed by atoms with van der Waals surface area (Å²) in [6, 6.07) is 0. The smallest absolute Gasteiger partial charge is 0.0701 e. The number of rotatable bonds is 13. The second-order valence-electron chi connectivity index (χ2n) is 7.17. The first kappa shape index (κ1) is 20.8. The summed E-state index contributed by atoms with van der Waals surface area (Å²) in [6.45, 7) is 18.2. The summed E-state index contributed by atoms with van der Waals surface area (Å²) < 4.78 is 16.6. The van der Waals surface area contributed by atoms with Crippen molar-refractivity contribution in [3.63, 3.8) is 0 Å². The van der Waals surface area contributed by atoms with Crippen LogP contribution in [0.25, 0.3) is 0 Å². The van der Waals surface area contributed by atoms with Gasteiger partial charge in [0.1, 0.15) is 0 Å². The molecule has 0 bridgehead atoms. The Kier molecular flexibility index (Phi) is 11.8. The molecule has 6 nitrogen and oxygen atoms in total. The molecule has 23 heavy (non-hydrogen) atoms. The summed E-state index contributed by atoms with van der Waals surface area (Å²) in [7, 11) is 0. The van der Waals surface area contributed by atoms with E-state index in [1.807, 2.05) is 0 Å². The average molecular weight is 332 g/mol. The second-order valence-corrected chi connectivity index (χ2v) is 7.17. The topological polar surface area (TPSA) is 55.0 Å². The molecule has 1 rings (SSSR count). The third-order valence-electron chi connectivity index (χ3n) is 3.58. The molecule has 1 fully saturated rings. The maximum Gasteiger partial charge on any atom is 0.0701 e. The van der Waals surface area contributed by atoms with Crippen molar-refractivity contribution in [1.82, 2.24) is 15.5 Å². The van der Waals surface area contributed by atoms with Crippen LogP contribution in [0.5, 0.6) is 0 Å². The Balaban J connectivity index is 1.71. The van der Waals surface area contributed by atoms with Crippen molar-refractivity contribution in [1.29, 1.82) is 0 Å². The zero-order valence-corrected chi connectivity index (χ0v) is 15.4. The Labute approximate surface area is 142 Å². The number of hydrogen-bond donors (Lipinski definition) is 2. The monoisotopic (exact) mass is 331 g/mol. The molecule has 0 unspecified atom stereocenters. The van der Waals surface area contributed by atoms with Gasteiger partial charge in [0.15, 0.2) is 0 Å². The van der Waals surface area contributed by atoms with Gasteiger partial charge >= 0.3 is 0 Å². The van der Waals surface area contributed by atoms with Gasteiger partial charge in [0.2, 0.25) is 0 Å². The first-order valence-electron chi connectivity index (χ1n) is 8.95. The predicted molar refractivity (Wildman–Crippen MR) is 94.1 cm³/mol. The van der Waals surface area contributed by atoms with Crippen LogP contribution in [-0.4, -0.2) is 90.4 Å². The van der Waals surface area contributed by atoms with Crippen LogP contribution in [-0.2, 0) is 14.2 Å². The van der Waals surface area contributed by atoms with Crippen LogP contribution in [0.2, 0.25) is 0 Å². The van der Waals surface area contributed by atoms with Gasteiger partial charge in [-0.1, -0.05) is 20.8 Å². The van der Waals surface area contributed by atoms with E-state index < -0.39 is 0 Å². The van der Waals surface area contributed by atoms with Gasteiger partial charge < -0.3 is 24.8 Å². The summed E-state index contributed by atoms with van der Waals surface area (Å²) >= 11 is 0. The maximum atomic E-state index is 5.59. The number of nitrogens with zero attached hydrogens (tertiary/aromatic N) is 1. The molecule has 6 heteroatoms. The molecule has 0 spiro atoms. The third-order valence-corrected chi connectivity index (χ3v) is 3.58. The van der Waals surface area contributed by atoms with E-state index in [1.54, 1.807) is 0 Å². The number of hydrogen-bond acceptors (Lipinski definition) is 6. The van der Waals surface area contributed by atoms with Gasteiger partial charge in [-0.3, -0.25) is 4.90 Å². The first-order valence-corrected chi connectivity index (χ1v) is 8.95. The highest BCUT2D eigenvalue weighted by atomic mass is 16.5. The third kappa shape index (κ3) is 13.9. The molecule has 0 aromatic heterocycles. The normalized spacial score (nSPS) is 16.8. The lowest BCUT2D eigenvalue weighted by Gasteiger charge is -2.26. The Bertz CT molecular complexity index is 266. The van der Waals surface area contributed by atoms with E-state index in [2.05, 4.69) is 36.3 Å². The van der Waals surface area contributed by atoms with Crippen molar-refractivity contribution in [3.05, 3.63) is 0 Å². The van der Waals surface area contributed by atoms with Gasteiger partial charge in [0, 0.05) is 45.8 Å². The summed E-state index contributed by atoms with van der Waals surface area (Å²) in [4.78, 5) is 2.43. The number of ether oxygens (including phenoxy) is 3. The van der Waals surface area contributed by atoms with Crippen molar-refractivity contribution in [3.8, 4) is 0 Å². The van der Waals surface area contributed by atoms with Crippen LogP contribution < -0.4 is 10.6 Å². The minimum Gasteiger partial charge on any atom is -0.378 e. The van der Waals surface area contributed by atoms with Gasteiger partial charge in [-0.05, 0) is 5.41 Å². The minimum atomic E-state index is 0.327. The fraction of sp³-hybridized carbons (Fsp3) is 1.00. The molecule has 138 valence electrons. The van der Waals surface area contributed by atoms with Crippen molar-refractivity contribution in [2.24, 2.45) is 5.41 Å². The molecule has 0 amide bonds. The van der Waals surface area contributed by atoms with Crippen molar-refractivity contribution < 1.29 is 14.2 Å². The molecule has 2 N–H and O–H groups in total. The van der Waals surface area contributed by atoms with Gasteiger partial charge in [-0.15, -0.1) is 0 Å². The molecule has 0 aromatic rings. The van der Waals surface area contributed by atoms with E-state index in [9.17, 15) is 0 Å². The number of piperazine rings is 1. The van der Waals surface area contributed by atoms with Gasteiger partial charge in [-0.25, -0.2) is 0 Å². The molecule has 0 saturated carbocycles. The Hall–Kier alpha value is -0.240. The predicted octanol–water partition coefficient (Wildman–Crippen LogP) is 0.577. The van der Waals surface area contributed by atoms with E-state index >= 15 is 0 Å². The summed E-state index contributed by atoms with van der Waals surface area (Å²) in [5.74, 6) is 0. The molecule has 1 aliphatic heterocycles. The van der Waals surface area contributed by atoms with Crippen LogP contribution in [0.15, 0.2) is 0 Å². The quantitative estimate of drug-likeness (QED) is 0.482. The Morgan fingerprint density at radius 3 is 2.04 bits per heavy atom. The van der Waals surface area contributed by atoms with Crippen molar-refractivity contribution in [2.75, 3.05) is 85.5 Å². The highest BCUT2D eigenvalue weighted by molar-refractivity contribution is 4.66. The lowest BCUT2D eigenvalue weighted by molar-refractivity contribution is 0.0105. The second kappa shape index (κ2) is 13.1. The Morgan fingerprint density at radius 2 is 1.43 bits per heavy atom.